The van der Waals surface area contributed by atoms with E-state index >= 15 is 0 Å². The summed E-state index contributed by atoms with van der Waals surface area (Å²) in [5.41, 5.74) is 3.79. The predicted octanol–water partition coefficient (Wildman–Crippen LogP) is 3.70. The number of hydrogen-bond donors (Lipinski definition) is 2. The summed E-state index contributed by atoms with van der Waals surface area (Å²) >= 11 is 6.23. The Kier molecular flexibility index (Phi) is 10.8. The average molecular weight is 529 g/mol. The molecule has 5 nitrogen and oxygen atoms in total. The first-order valence-electron chi connectivity index (χ1n) is 9.81. The van der Waals surface area contributed by atoms with Gasteiger partial charge in [0.15, 0.2) is 5.96 Å². The number of rotatable bonds is 7. The van der Waals surface area contributed by atoms with E-state index in [9.17, 15) is 0 Å². The Morgan fingerprint density at radius 2 is 1.66 bits per heavy atom. The van der Waals surface area contributed by atoms with E-state index < -0.39 is 0 Å². The van der Waals surface area contributed by atoms with Gasteiger partial charge in [-0.2, -0.15) is 0 Å². The fourth-order valence-electron chi connectivity index (χ4n) is 3.30. The minimum atomic E-state index is 0. The smallest absolute Gasteiger partial charge is 0.191 e. The average Bonchev–Trinajstić information content (AvgIpc) is 2.73. The maximum Gasteiger partial charge on any atom is 0.191 e. The number of nitrogens with zero attached hydrogens (tertiary/aromatic N) is 2. The lowest BCUT2D eigenvalue weighted by Crippen LogP contribution is -2.38. The van der Waals surface area contributed by atoms with Gasteiger partial charge in [0.1, 0.15) is 0 Å². The van der Waals surface area contributed by atoms with E-state index in [1.165, 1.54) is 11.1 Å². The molecule has 1 aliphatic rings. The Balaban J connectivity index is 0.00000300. The second kappa shape index (κ2) is 13.1. The zero-order chi connectivity index (χ0) is 19.6. The van der Waals surface area contributed by atoms with E-state index in [0.29, 0.717) is 0 Å². The highest BCUT2D eigenvalue weighted by Crippen LogP contribution is 2.15. The van der Waals surface area contributed by atoms with E-state index in [0.717, 1.165) is 68.9 Å². The third kappa shape index (κ3) is 7.77. The summed E-state index contributed by atoms with van der Waals surface area (Å²) in [6.07, 6.45) is 0.855. The van der Waals surface area contributed by atoms with Crippen LogP contribution in [-0.4, -0.2) is 50.8 Å². The Morgan fingerprint density at radius 3 is 2.34 bits per heavy atom. The molecule has 1 aliphatic heterocycles. The quantitative estimate of drug-likeness (QED) is 0.327. The van der Waals surface area contributed by atoms with Gasteiger partial charge < -0.3 is 15.4 Å². The van der Waals surface area contributed by atoms with Gasteiger partial charge in [-0.3, -0.25) is 9.89 Å². The summed E-state index contributed by atoms with van der Waals surface area (Å²) in [6.45, 7) is 6.11. The van der Waals surface area contributed by atoms with Crippen molar-refractivity contribution in [1.82, 2.24) is 15.5 Å². The number of hydrogen-bond acceptors (Lipinski definition) is 3. The molecule has 1 saturated heterocycles. The molecule has 2 aromatic rings. The largest absolute Gasteiger partial charge is 0.379 e. The van der Waals surface area contributed by atoms with Crippen LogP contribution in [0.5, 0.6) is 0 Å². The molecule has 0 radical (unpaired) electrons. The lowest BCUT2D eigenvalue weighted by atomic mass is 10.1. The summed E-state index contributed by atoms with van der Waals surface area (Å²) in [4.78, 5) is 6.78. The van der Waals surface area contributed by atoms with Gasteiger partial charge in [0.2, 0.25) is 0 Å². The van der Waals surface area contributed by atoms with Crippen molar-refractivity contribution in [2.24, 2.45) is 4.99 Å². The van der Waals surface area contributed by atoms with Crippen LogP contribution >= 0.6 is 35.6 Å². The second-order valence-electron chi connectivity index (χ2n) is 6.85. The molecule has 7 heteroatoms. The number of halogens is 2. The van der Waals surface area contributed by atoms with Crippen molar-refractivity contribution in [2.45, 2.75) is 19.5 Å². The van der Waals surface area contributed by atoms with Gasteiger partial charge in [-0.05, 0) is 29.2 Å². The number of ether oxygens (including phenoxy) is 1. The van der Waals surface area contributed by atoms with Crippen molar-refractivity contribution < 1.29 is 4.74 Å². The predicted molar refractivity (Wildman–Crippen MR) is 131 cm³/mol. The molecule has 158 valence electrons. The molecule has 2 N–H and O–H groups in total. The first-order chi connectivity index (χ1) is 13.8. The van der Waals surface area contributed by atoms with Crippen molar-refractivity contribution in [3.05, 3.63) is 70.2 Å². The maximum atomic E-state index is 6.23. The maximum absolute atomic E-state index is 6.23. The van der Waals surface area contributed by atoms with Crippen molar-refractivity contribution in [3.8, 4) is 0 Å². The monoisotopic (exact) mass is 528 g/mol. The van der Waals surface area contributed by atoms with Crippen LogP contribution in [0, 0.1) is 0 Å². The van der Waals surface area contributed by atoms with Crippen LogP contribution in [0.4, 0.5) is 0 Å². The summed E-state index contributed by atoms with van der Waals surface area (Å²) in [7, 11) is 1.80. The van der Waals surface area contributed by atoms with E-state index in [1.807, 2.05) is 18.2 Å². The first-order valence-corrected chi connectivity index (χ1v) is 10.2. The highest BCUT2D eigenvalue weighted by molar-refractivity contribution is 14.0. The second-order valence-corrected chi connectivity index (χ2v) is 7.26. The molecule has 0 unspecified atom stereocenters. The molecule has 0 aromatic heterocycles. The van der Waals surface area contributed by atoms with Gasteiger partial charge >= 0.3 is 0 Å². The molecule has 0 saturated carbocycles. The zero-order valence-corrected chi connectivity index (χ0v) is 20.0. The molecule has 1 heterocycles. The number of benzene rings is 2. The van der Waals surface area contributed by atoms with Gasteiger partial charge in [0, 0.05) is 44.8 Å². The third-order valence-corrected chi connectivity index (χ3v) is 5.30. The van der Waals surface area contributed by atoms with E-state index in [1.54, 1.807) is 7.05 Å². The fraction of sp³-hybridized carbons (Fsp3) is 0.409. The number of aliphatic imine (C=N–C) groups is 1. The third-order valence-electron chi connectivity index (χ3n) is 4.93. The summed E-state index contributed by atoms with van der Waals surface area (Å²) in [5.74, 6) is 0.799. The van der Waals surface area contributed by atoms with Crippen LogP contribution in [0.15, 0.2) is 53.5 Å². The lowest BCUT2D eigenvalue weighted by Gasteiger charge is -2.27. The van der Waals surface area contributed by atoms with Crippen LogP contribution in [-0.2, 0) is 24.2 Å². The fourth-order valence-corrected chi connectivity index (χ4v) is 3.53. The standard InChI is InChI=1S/C22H29ClN4O.HI/c1-24-22(25-11-10-18-6-4-5-9-21(18)23)26-16-19-7-2-3-8-20(19)17-27-12-14-28-15-13-27;/h2-9H,10-17H2,1H3,(H2,24,25,26);1H. The molecule has 0 bridgehead atoms. The minimum absolute atomic E-state index is 0. The van der Waals surface area contributed by atoms with E-state index in [-0.39, 0.29) is 24.0 Å². The highest BCUT2D eigenvalue weighted by Gasteiger charge is 2.12. The summed E-state index contributed by atoms with van der Waals surface area (Å²) in [5, 5.41) is 7.61. The summed E-state index contributed by atoms with van der Waals surface area (Å²) in [6, 6.07) is 16.5. The molecule has 3 rings (SSSR count). The zero-order valence-electron chi connectivity index (χ0n) is 16.9. The van der Waals surface area contributed by atoms with E-state index in [4.69, 9.17) is 16.3 Å². The minimum Gasteiger partial charge on any atom is -0.379 e. The first kappa shape index (κ1) is 23.9. The molecule has 0 spiro atoms. The lowest BCUT2D eigenvalue weighted by molar-refractivity contribution is 0.0341. The number of nitrogens with one attached hydrogen (secondary N) is 2. The van der Waals surface area contributed by atoms with Gasteiger partial charge in [0.25, 0.3) is 0 Å². The molecule has 2 aromatic carbocycles. The molecule has 0 aliphatic carbocycles. The number of morpholine rings is 1. The number of guanidine groups is 1. The normalized spacial score (nSPS) is 14.9. The molecule has 1 fully saturated rings. The molecule has 29 heavy (non-hydrogen) atoms. The summed E-state index contributed by atoms with van der Waals surface area (Å²) < 4.78 is 5.45. The van der Waals surface area contributed by atoms with Crippen LogP contribution in [0.1, 0.15) is 16.7 Å². The Hall–Kier alpha value is -1.35. The highest BCUT2D eigenvalue weighted by atomic mass is 127. The van der Waals surface area contributed by atoms with Gasteiger partial charge in [0.05, 0.1) is 13.2 Å². The Morgan fingerprint density at radius 1 is 1.00 bits per heavy atom. The molecule has 0 atom stereocenters. The van der Waals surface area contributed by atoms with E-state index in [2.05, 4.69) is 50.9 Å². The Labute approximate surface area is 195 Å². The van der Waals surface area contributed by atoms with Gasteiger partial charge in [-0.15, -0.1) is 24.0 Å². The van der Waals surface area contributed by atoms with Crippen molar-refractivity contribution >= 4 is 41.5 Å². The van der Waals surface area contributed by atoms with Crippen molar-refractivity contribution in [1.29, 1.82) is 0 Å². The van der Waals surface area contributed by atoms with Crippen LogP contribution < -0.4 is 10.6 Å². The molecule has 0 amide bonds. The van der Waals surface area contributed by atoms with Gasteiger partial charge in [-0.25, -0.2) is 0 Å². The Bertz CT molecular complexity index is 781. The van der Waals surface area contributed by atoms with Gasteiger partial charge in [-0.1, -0.05) is 54.1 Å². The van der Waals surface area contributed by atoms with Crippen LogP contribution in [0.2, 0.25) is 5.02 Å². The topological polar surface area (TPSA) is 48.9 Å². The molecular weight excluding hydrogens is 499 g/mol. The van der Waals surface area contributed by atoms with Crippen LogP contribution in [0.25, 0.3) is 0 Å². The van der Waals surface area contributed by atoms with Crippen molar-refractivity contribution in [3.63, 3.8) is 0 Å². The SMILES string of the molecule is CN=C(NCCc1ccccc1Cl)NCc1ccccc1CN1CCOCC1.I. The van der Waals surface area contributed by atoms with Crippen molar-refractivity contribution in [2.75, 3.05) is 39.9 Å². The molecular formula is C22H30ClIN4O. The van der Waals surface area contributed by atoms with Crippen LogP contribution in [0.3, 0.4) is 0 Å².